The van der Waals surface area contributed by atoms with Crippen LogP contribution in [0.1, 0.15) is 31.6 Å². The number of hydrogen-bond donors (Lipinski definition) is 2. The fourth-order valence-corrected chi connectivity index (χ4v) is 4.31. The van der Waals surface area contributed by atoms with Crippen LogP contribution in [-0.4, -0.2) is 25.5 Å². The molecule has 0 saturated heterocycles. The third-order valence-corrected chi connectivity index (χ3v) is 5.64. The summed E-state index contributed by atoms with van der Waals surface area (Å²) in [5, 5.41) is 10.1. The molecule has 0 aliphatic heterocycles. The number of furan rings is 1. The lowest BCUT2D eigenvalue weighted by Crippen LogP contribution is -2.44. The van der Waals surface area contributed by atoms with Crippen LogP contribution in [0.4, 0.5) is 0 Å². The third kappa shape index (κ3) is 2.86. The number of fused-ring (bicyclic) bond motifs is 3. The van der Waals surface area contributed by atoms with Crippen molar-refractivity contribution in [3.63, 3.8) is 0 Å². The molecule has 0 unspecified atom stereocenters. The van der Waals surface area contributed by atoms with Crippen LogP contribution in [0.25, 0.3) is 11.0 Å². The second kappa shape index (κ2) is 5.65. The molecular formula is C16H19NO5S. The molecule has 2 aromatic rings. The van der Waals surface area contributed by atoms with Gasteiger partial charge in [-0.25, -0.2) is 8.42 Å². The molecule has 7 heteroatoms. The molecule has 2 N–H and O–H groups in total. The number of hydrogen-bond acceptors (Lipinski definition) is 4. The van der Waals surface area contributed by atoms with Gasteiger partial charge in [-0.1, -0.05) is 13.8 Å². The summed E-state index contributed by atoms with van der Waals surface area (Å²) >= 11 is 0. The number of rotatable bonds is 5. The van der Waals surface area contributed by atoms with Crippen molar-refractivity contribution in [1.29, 1.82) is 0 Å². The second-order valence-electron chi connectivity index (χ2n) is 6.20. The smallest absolute Gasteiger partial charge is 0.322 e. The number of sulfonamides is 1. The number of carbonyl (C=O) groups is 1. The molecule has 124 valence electrons. The molecule has 3 rings (SSSR count). The van der Waals surface area contributed by atoms with Gasteiger partial charge >= 0.3 is 5.97 Å². The lowest BCUT2D eigenvalue weighted by atomic mass is 10.1. The maximum Gasteiger partial charge on any atom is 0.322 e. The van der Waals surface area contributed by atoms with E-state index in [0.29, 0.717) is 5.58 Å². The summed E-state index contributed by atoms with van der Waals surface area (Å²) in [7, 11) is -3.92. The van der Waals surface area contributed by atoms with Crippen LogP contribution in [0, 0.1) is 5.92 Å². The van der Waals surface area contributed by atoms with E-state index < -0.39 is 22.0 Å². The maximum atomic E-state index is 12.5. The zero-order valence-corrected chi connectivity index (χ0v) is 13.8. The maximum absolute atomic E-state index is 12.5. The van der Waals surface area contributed by atoms with Crippen molar-refractivity contribution in [3.05, 3.63) is 29.5 Å². The Balaban J connectivity index is 1.97. The first-order valence-corrected chi connectivity index (χ1v) is 9.07. The molecule has 1 aliphatic rings. The number of carboxylic acids is 1. The summed E-state index contributed by atoms with van der Waals surface area (Å²) in [6.07, 6.45) is 2.88. The van der Waals surface area contributed by atoms with Gasteiger partial charge in [0.05, 0.1) is 4.90 Å². The Morgan fingerprint density at radius 3 is 2.70 bits per heavy atom. The minimum Gasteiger partial charge on any atom is -0.480 e. The van der Waals surface area contributed by atoms with E-state index in [4.69, 9.17) is 9.52 Å². The van der Waals surface area contributed by atoms with Crippen molar-refractivity contribution in [3.8, 4) is 0 Å². The molecule has 0 saturated carbocycles. The topological polar surface area (TPSA) is 96.6 Å². The predicted molar refractivity (Wildman–Crippen MR) is 84.8 cm³/mol. The highest BCUT2D eigenvalue weighted by Crippen LogP contribution is 2.33. The van der Waals surface area contributed by atoms with Crippen LogP contribution in [0.5, 0.6) is 0 Å². The Kier molecular flexibility index (Phi) is 3.93. The van der Waals surface area contributed by atoms with Crippen LogP contribution in [0.3, 0.4) is 0 Å². The van der Waals surface area contributed by atoms with E-state index in [1.807, 2.05) is 0 Å². The first kappa shape index (κ1) is 16.0. The summed E-state index contributed by atoms with van der Waals surface area (Å²) in [4.78, 5) is 11.2. The third-order valence-electron chi connectivity index (χ3n) is 4.20. The van der Waals surface area contributed by atoms with E-state index in [1.165, 1.54) is 12.1 Å². The van der Waals surface area contributed by atoms with Crippen molar-refractivity contribution in [2.45, 2.75) is 44.0 Å². The zero-order chi connectivity index (χ0) is 16.8. The van der Waals surface area contributed by atoms with Crippen LogP contribution >= 0.6 is 0 Å². The van der Waals surface area contributed by atoms with E-state index in [1.54, 1.807) is 19.9 Å². The standard InChI is InChI=1S/C16H19NO5S/c1-9(2)15(16(18)19)17-23(20,21)10-6-7-12-11-4-3-5-13(11)22-14(12)8-10/h6-9,15,17H,3-5H2,1-2H3,(H,18,19)/t15-/m1/s1. The normalized spacial score (nSPS) is 16.0. The van der Waals surface area contributed by atoms with Crippen molar-refractivity contribution in [2.75, 3.05) is 0 Å². The van der Waals surface area contributed by atoms with E-state index in [2.05, 4.69) is 4.72 Å². The summed E-state index contributed by atoms with van der Waals surface area (Å²) < 4.78 is 32.9. The van der Waals surface area contributed by atoms with E-state index in [-0.39, 0.29) is 10.8 Å². The molecule has 1 aromatic carbocycles. The van der Waals surface area contributed by atoms with E-state index in [0.717, 1.165) is 36.0 Å². The number of carboxylic acid groups (broad SMARTS) is 1. The number of aliphatic carboxylic acids is 1. The number of nitrogens with one attached hydrogen (secondary N) is 1. The SMILES string of the molecule is CC(C)[C@@H](NS(=O)(=O)c1ccc2c3c(oc2c1)CCC3)C(=O)O. The molecule has 1 atom stereocenters. The first-order chi connectivity index (χ1) is 10.8. The van der Waals surface area contributed by atoms with Crippen LogP contribution in [0.15, 0.2) is 27.5 Å². The lowest BCUT2D eigenvalue weighted by molar-refractivity contribution is -0.140. The fraction of sp³-hybridized carbons (Fsp3) is 0.438. The quantitative estimate of drug-likeness (QED) is 0.873. The van der Waals surface area contributed by atoms with Crippen molar-refractivity contribution in [1.82, 2.24) is 4.72 Å². The molecule has 0 amide bonds. The number of aryl methyl sites for hydroxylation is 2. The Morgan fingerprint density at radius 1 is 1.30 bits per heavy atom. The molecule has 23 heavy (non-hydrogen) atoms. The van der Waals surface area contributed by atoms with Crippen molar-refractivity contribution < 1.29 is 22.7 Å². The molecule has 0 spiro atoms. The summed E-state index contributed by atoms with van der Waals surface area (Å²) in [6, 6.07) is 3.54. The summed E-state index contributed by atoms with van der Waals surface area (Å²) in [5.41, 5.74) is 1.69. The Bertz CT molecular complexity index is 866. The largest absolute Gasteiger partial charge is 0.480 e. The Labute approximate surface area is 134 Å². The molecule has 1 aromatic heterocycles. The van der Waals surface area contributed by atoms with Gasteiger partial charge in [0.2, 0.25) is 10.0 Å². The van der Waals surface area contributed by atoms with Gasteiger partial charge in [0.25, 0.3) is 0 Å². The summed E-state index contributed by atoms with van der Waals surface area (Å²) in [6.45, 7) is 3.31. The molecule has 0 radical (unpaired) electrons. The Hall–Kier alpha value is -1.86. The van der Waals surface area contributed by atoms with Gasteiger partial charge < -0.3 is 9.52 Å². The second-order valence-corrected chi connectivity index (χ2v) is 7.91. The first-order valence-electron chi connectivity index (χ1n) is 7.59. The van der Waals surface area contributed by atoms with Gasteiger partial charge in [-0.05, 0) is 30.9 Å². The van der Waals surface area contributed by atoms with E-state index >= 15 is 0 Å². The molecular weight excluding hydrogens is 318 g/mol. The molecule has 0 bridgehead atoms. The van der Waals surface area contributed by atoms with Gasteiger partial charge in [0, 0.05) is 23.4 Å². The minimum absolute atomic E-state index is 0.0179. The van der Waals surface area contributed by atoms with Crippen LogP contribution in [-0.2, 0) is 27.7 Å². The van der Waals surface area contributed by atoms with Crippen LogP contribution in [0.2, 0.25) is 0 Å². The van der Waals surface area contributed by atoms with Gasteiger partial charge in [-0.2, -0.15) is 4.72 Å². The lowest BCUT2D eigenvalue weighted by Gasteiger charge is -2.17. The molecule has 1 heterocycles. The van der Waals surface area contributed by atoms with Gasteiger partial charge in [0.15, 0.2) is 0 Å². The molecule has 6 nitrogen and oxygen atoms in total. The van der Waals surface area contributed by atoms with Gasteiger partial charge in [0.1, 0.15) is 17.4 Å². The van der Waals surface area contributed by atoms with Crippen LogP contribution < -0.4 is 4.72 Å². The monoisotopic (exact) mass is 337 g/mol. The zero-order valence-electron chi connectivity index (χ0n) is 13.0. The highest BCUT2D eigenvalue weighted by atomic mass is 32.2. The minimum atomic E-state index is -3.92. The summed E-state index contributed by atoms with van der Waals surface area (Å²) in [5.74, 6) is -0.631. The molecule has 0 fully saturated rings. The highest BCUT2D eigenvalue weighted by molar-refractivity contribution is 7.89. The van der Waals surface area contributed by atoms with E-state index in [9.17, 15) is 13.2 Å². The number of benzene rings is 1. The highest BCUT2D eigenvalue weighted by Gasteiger charge is 2.29. The average molecular weight is 337 g/mol. The van der Waals surface area contributed by atoms with Crippen molar-refractivity contribution in [2.24, 2.45) is 5.92 Å². The fourth-order valence-electron chi connectivity index (χ4n) is 2.96. The average Bonchev–Trinajstić information content (AvgIpc) is 3.04. The van der Waals surface area contributed by atoms with Gasteiger partial charge in [-0.3, -0.25) is 4.79 Å². The predicted octanol–water partition coefficient (Wildman–Crippen LogP) is 2.31. The Morgan fingerprint density at radius 2 is 2.04 bits per heavy atom. The molecule has 1 aliphatic carbocycles. The van der Waals surface area contributed by atoms with Gasteiger partial charge in [-0.15, -0.1) is 0 Å². The van der Waals surface area contributed by atoms with Crippen molar-refractivity contribution >= 4 is 27.0 Å².